The molecule has 66 valence electrons. The van der Waals surface area contributed by atoms with Gasteiger partial charge in [0.15, 0.2) is 0 Å². The highest BCUT2D eigenvalue weighted by molar-refractivity contribution is 5.78. The number of nitrogens with zero attached hydrogens (tertiary/aromatic N) is 2. The summed E-state index contributed by atoms with van der Waals surface area (Å²) in [6.07, 6.45) is 4.21. The van der Waals surface area contributed by atoms with Gasteiger partial charge in [-0.1, -0.05) is 6.92 Å². The molecule has 4 heteroatoms. The van der Waals surface area contributed by atoms with Crippen molar-refractivity contribution in [1.82, 2.24) is 9.78 Å². The molecule has 12 heavy (non-hydrogen) atoms. The summed E-state index contributed by atoms with van der Waals surface area (Å²) in [6, 6.07) is -0.307. The fourth-order valence-corrected chi connectivity index (χ4v) is 1.12. The number of amides is 1. The van der Waals surface area contributed by atoms with Crippen LogP contribution < -0.4 is 5.73 Å². The van der Waals surface area contributed by atoms with Gasteiger partial charge in [-0.15, -0.1) is 0 Å². The molecule has 0 aliphatic heterocycles. The van der Waals surface area contributed by atoms with Crippen molar-refractivity contribution in [2.24, 2.45) is 5.73 Å². The molecule has 0 aromatic carbocycles. The van der Waals surface area contributed by atoms with E-state index in [4.69, 9.17) is 5.73 Å². The molecule has 4 nitrogen and oxygen atoms in total. The van der Waals surface area contributed by atoms with Crippen LogP contribution in [0.2, 0.25) is 0 Å². The van der Waals surface area contributed by atoms with E-state index >= 15 is 0 Å². The first kappa shape index (κ1) is 8.77. The van der Waals surface area contributed by atoms with Crippen molar-refractivity contribution in [3.05, 3.63) is 18.0 Å². The van der Waals surface area contributed by atoms with Crippen LogP contribution in [0.3, 0.4) is 0 Å². The average molecular weight is 167 g/mol. The van der Waals surface area contributed by atoms with Crippen molar-refractivity contribution in [3.63, 3.8) is 0 Å². The fraction of sp³-hybridized carbons (Fsp3) is 0.500. The first-order valence-corrected chi connectivity index (χ1v) is 3.95. The number of hydrogen-bond donors (Lipinski definition) is 1. The van der Waals surface area contributed by atoms with E-state index in [2.05, 4.69) is 5.10 Å². The molecule has 1 aromatic rings. The molecule has 0 radical (unpaired) electrons. The number of rotatable bonds is 3. The van der Waals surface area contributed by atoms with E-state index < -0.39 is 0 Å². The van der Waals surface area contributed by atoms with Gasteiger partial charge in [0.1, 0.15) is 6.04 Å². The van der Waals surface area contributed by atoms with E-state index in [1.54, 1.807) is 10.9 Å². The van der Waals surface area contributed by atoms with Gasteiger partial charge in [0, 0.05) is 6.20 Å². The fourth-order valence-electron chi connectivity index (χ4n) is 1.12. The van der Waals surface area contributed by atoms with Crippen molar-refractivity contribution in [2.75, 3.05) is 0 Å². The number of carbonyl (C=O) groups excluding carboxylic acids is 1. The normalized spacial score (nSPS) is 12.8. The van der Waals surface area contributed by atoms with Gasteiger partial charge in [0.05, 0.1) is 6.20 Å². The van der Waals surface area contributed by atoms with Gasteiger partial charge in [0.2, 0.25) is 5.91 Å². The number of carbonyl (C=O) groups is 1. The first-order valence-electron chi connectivity index (χ1n) is 3.95. The maximum absolute atomic E-state index is 10.9. The SMILES string of the molecule is CC[C@@H](C(N)=O)n1cc(C)cn1. The highest BCUT2D eigenvalue weighted by Crippen LogP contribution is 2.09. The van der Waals surface area contributed by atoms with Crippen molar-refractivity contribution in [3.8, 4) is 0 Å². The maximum atomic E-state index is 10.9. The lowest BCUT2D eigenvalue weighted by molar-refractivity contribution is -0.121. The maximum Gasteiger partial charge on any atom is 0.242 e. The lowest BCUT2D eigenvalue weighted by atomic mass is 10.2. The minimum absolute atomic E-state index is 0.307. The highest BCUT2D eigenvalue weighted by Gasteiger charge is 2.14. The van der Waals surface area contributed by atoms with E-state index in [1.165, 1.54) is 0 Å². The summed E-state index contributed by atoms with van der Waals surface area (Å²) in [7, 11) is 0. The Labute approximate surface area is 71.4 Å². The molecule has 1 atom stereocenters. The molecular weight excluding hydrogens is 154 g/mol. The molecule has 1 heterocycles. The molecule has 0 fully saturated rings. The monoisotopic (exact) mass is 167 g/mol. The minimum Gasteiger partial charge on any atom is -0.368 e. The van der Waals surface area contributed by atoms with Gasteiger partial charge in [-0.3, -0.25) is 9.48 Å². The van der Waals surface area contributed by atoms with E-state index in [-0.39, 0.29) is 11.9 Å². The predicted molar refractivity (Wildman–Crippen MR) is 45.5 cm³/mol. The van der Waals surface area contributed by atoms with Gasteiger partial charge in [0.25, 0.3) is 0 Å². The molecular formula is C8H13N3O. The van der Waals surface area contributed by atoms with Crippen LogP contribution in [0.4, 0.5) is 0 Å². The summed E-state index contributed by atoms with van der Waals surface area (Å²) in [5.74, 6) is -0.333. The molecule has 0 spiro atoms. The largest absolute Gasteiger partial charge is 0.368 e. The van der Waals surface area contributed by atoms with Gasteiger partial charge in [-0.05, 0) is 18.9 Å². The molecule has 0 aliphatic rings. The van der Waals surface area contributed by atoms with E-state index in [1.807, 2.05) is 20.0 Å². The third-order valence-electron chi connectivity index (χ3n) is 1.77. The lowest BCUT2D eigenvalue weighted by Gasteiger charge is -2.10. The first-order chi connectivity index (χ1) is 5.65. The van der Waals surface area contributed by atoms with Crippen LogP contribution in [0.1, 0.15) is 24.9 Å². The van der Waals surface area contributed by atoms with Crippen molar-refractivity contribution < 1.29 is 4.79 Å². The summed E-state index contributed by atoms with van der Waals surface area (Å²) in [4.78, 5) is 10.9. The minimum atomic E-state index is -0.333. The molecule has 0 aliphatic carbocycles. The Hall–Kier alpha value is -1.32. The molecule has 0 saturated heterocycles. The summed E-state index contributed by atoms with van der Waals surface area (Å²) in [5, 5.41) is 4.02. The topological polar surface area (TPSA) is 60.9 Å². The zero-order valence-corrected chi connectivity index (χ0v) is 7.32. The summed E-state index contributed by atoms with van der Waals surface area (Å²) >= 11 is 0. The van der Waals surface area contributed by atoms with E-state index in [0.29, 0.717) is 6.42 Å². The van der Waals surface area contributed by atoms with E-state index in [9.17, 15) is 4.79 Å². The Morgan fingerprint density at radius 1 is 1.83 bits per heavy atom. The standard InChI is InChI=1S/C8H13N3O/c1-3-7(8(9)12)11-5-6(2)4-10-11/h4-5,7H,3H2,1-2H3,(H2,9,12)/t7-/m0/s1. The van der Waals surface area contributed by atoms with Crippen LogP contribution in [0.25, 0.3) is 0 Å². The smallest absolute Gasteiger partial charge is 0.242 e. The van der Waals surface area contributed by atoms with Crippen LogP contribution in [0, 0.1) is 6.92 Å². The molecule has 2 N–H and O–H groups in total. The van der Waals surface area contributed by atoms with Crippen LogP contribution in [0.15, 0.2) is 12.4 Å². The quantitative estimate of drug-likeness (QED) is 0.717. The number of nitrogens with two attached hydrogens (primary N) is 1. The number of hydrogen-bond acceptors (Lipinski definition) is 2. The summed E-state index contributed by atoms with van der Waals surface area (Å²) in [6.45, 7) is 3.84. The molecule has 1 rings (SSSR count). The lowest BCUT2D eigenvalue weighted by Crippen LogP contribution is -2.26. The Kier molecular flexibility index (Phi) is 2.47. The number of aromatic nitrogens is 2. The van der Waals surface area contributed by atoms with Gasteiger partial charge in [-0.2, -0.15) is 5.10 Å². The van der Waals surface area contributed by atoms with Crippen LogP contribution in [-0.4, -0.2) is 15.7 Å². The molecule has 1 aromatic heterocycles. The second-order valence-electron chi connectivity index (χ2n) is 2.82. The molecule has 1 amide bonds. The van der Waals surface area contributed by atoms with Crippen molar-refractivity contribution in [2.45, 2.75) is 26.3 Å². The van der Waals surface area contributed by atoms with Gasteiger partial charge in [-0.25, -0.2) is 0 Å². The van der Waals surface area contributed by atoms with Gasteiger partial charge >= 0.3 is 0 Å². The van der Waals surface area contributed by atoms with E-state index in [0.717, 1.165) is 5.56 Å². The predicted octanol–water partition coefficient (Wildman–Crippen LogP) is 0.628. The Balaban J connectivity index is 2.87. The third kappa shape index (κ3) is 1.64. The summed E-state index contributed by atoms with van der Waals surface area (Å²) in [5.41, 5.74) is 6.23. The second-order valence-corrected chi connectivity index (χ2v) is 2.82. The number of primary amides is 1. The van der Waals surface area contributed by atoms with Crippen LogP contribution in [0.5, 0.6) is 0 Å². The Morgan fingerprint density at radius 3 is 2.83 bits per heavy atom. The van der Waals surface area contributed by atoms with Gasteiger partial charge < -0.3 is 5.73 Å². The Bertz CT molecular complexity index is 280. The molecule has 0 bridgehead atoms. The zero-order valence-electron chi connectivity index (χ0n) is 7.32. The average Bonchev–Trinajstić information content (AvgIpc) is 2.37. The number of aryl methyl sites for hydroxylation is 1. The molecule has 0 unspecified atom stereocenters. The van der Waals surface area contributed by atoms with Crippen LogP contribution >= 0.6 is 0 Å². The second kappa shape index (κ2) is 3.38. The Morgan fingerprint density at radius 2 is 2.50 bits per heavy atom. The zero-order chi connectivity index (χ0) is 9.14. The van der Waals surface area contributed by atoms with Crippen molar-refractivity contribution in [1.29, 1.82) is 0 Å². The van der Waals surface area contributed by atoms with Crippen molar-refractivity contribution >= 4 is 5.91 Å². The highest BCUT2D eigenvalue weighted by atomic mass is 16.1. The third-order valence-corrected chi connectivity index (χ3v) is 1.77. The summed E-state index contributed by atoms with van der Waals surface area (Å²) < 4.78 is 1.61. The molecule has 0 saturated carbocycles. The van der Waals surface area contributed by atoms with Crippen LogP contribution in [-0.2, 0) is 4.79 Å².